The van der Waals surface area contributed by atoms with E-state index in [-0.39, 0.29) is 5.91 Å². The van der Waals surface area contributed by atoms with E-state index in [2.05, 4.69) is 25.6 Å². The number of carbonyl (C=O) groups is 1. The lowest BCUT2D eigenvalue weighted by Crippen LogP contribution is -2.32. The molecule has 1 aliphatic heterocycles. The van der Waals surface area contributed by atoms with Crippen LogP contribution in [0.15, 0.2) is 24.4 Å². The Morgan fingerprint density at radius 1 is 1.41 bits per heavy atom. The lowest BCUT2D eigenvalue weighted by atomic mass is 10.00. The molecular weight excluding hydrogens is 342 g/mol. The minimum absolute atomic E-state index is 0.153. The summed E-state index contributed by atoms with van der Waals surface area (Å²) in [6, 6.07) is 6.02. The van der Waals surface area contributed by atoms with E-state index in [9.17, 15) is 4.79 Å². The number of aromatic amines is 1. The molecule has 0 radical (unpaired) electrons. The van der Waals surface area contributed by atoms with Crippen molar-refractivity contribution in [1.29, 1.82) is 0 Å². The number of nitrogens with zero attached hydrogens (tertiary/aromatic N) is 5. The fraction of sp³-hybridized carbons (Fsp3) is 0.474. The molecule has 2 aromatic heterocycles. The van der Waals surface area contributed by atoms with Gasteiger partial charge in [0.05, 0.1) is 23.8 Å². The van der Waals surface area contributed by atoms with Crippen LogP contribution in [0.4, 0.5) is 0 Å². The van der Waals surface area contributed by atoms with Gasteiger partial charge in [0.25, 0.3) is 5.91 Å². The summed E-state index contributed by atoms with van der Waals surface area (Å²) in [6.07, 6.45) is 4.11. The van der Waals surface area contributed by atoms with Gasteiger partial charge in [0, 0.05) is 13.6 Å². The zero-order chi connectivity index (χ0) is 18.8. The molecule has 142 valence electrons. The minimum Gasteiger partial charge on any atom is -0.340 e. The van der Waals surface area contributed by atoms with Crippen LogP contribution >= 0.6 is 0 Å². The number of rotatable bonds is 5. The highest BCUT2D eigenvalue weighted by Crippen LogP contribution is 2.17. The number of nitrogens with one attached hydrogen (secondary N) is 2. The zero-order valence-corrected chi connectivity index (χ0v) is 15.8. The maximum absolute atomic E-state index is 12.7. The number of hydrogen-bond acceptors (Lipinski definition) is 5. The van der Waals surface area contributed by atoms with Gasteiger partial charge < -0.3 is 15.2 Å². The summed E-state index contributed by atoms with van der Waals surface area (Å²) in [7, 11) is 1.76. The van der Waals surface area contributed by atoms with Crippen molar-refractivity contribution in [2.45, 2.75) is 32.9 Å². The van der Waals surface area contributed by atoms with Crippen molar-refractivity contribution in [3.8, 4) is 0 Å². The summed E-state index contributed by atoms with van der Waals surface area (Å²) < 4.78 is 1.78. The van der Waals surface area contributed by atoms with Gasteiger partial charge in [-0.1, -0.05) is 17.3 Å². The van der Waals surface area contributed by atoms with Gasteiger partial charge in [-0.25, -0.2) is 4.98 Å². The first-order chi connectivity index (χ1) is 13.1. The Hall–Kier alpha value is -2.74. The minimum atomic E-state index is -0.153. The quantitative estimate of drug-likeness (QED) is 0.717. The molecule has 0 saturated carbocycles. The molecule has 0 unspecified atom stereocenters. The molecule has 1 aliphatic rings. The first-order valence-corrected chi connectivity index (χ1v) is 9.40. The molecule has 27 heavy (non-hydrogen) atoms. The van der Waals surface area contributed by atoms with Gasteiger partial charge in [-0.05, 0) is 50.4 Å². The SMILES string of the molecule is Cc1cccc2[nH]c(CN(C)C(=O)c3cn(C[C@H]4CCCNC4)nn3)nc12. The molecule has 2 N–H and O–H groups in total. The van der Waals surface area contributed by atoms with E-state index < -0.39 is 0 Å². The number of piperidine rings is 1. The highest BCUT2D eigenvalue weighted by Gasteiger charge is 2.19. The highest BCUT2D eigenvalue weighted by molar-refractivity contribution is 5.91. The number of carbonyl (C=O) groups excluding carboxylic acids is 1. The van der Waals surface area contributed by atoms with Crippen LogP contribution in [0.1, 0.15) is 34.7 Å². The molecule has 1 fully saturated rings. The van der Waals surface area contributed by atoms with Crippen molar-refractivity contribution in [3.05, 3.63) is 41.5 Å². The molecular formula is C19H25N7O. The second-order valence-electron chi connectivity index (χ2n) is 7.35. The van der Waals surface area contributed by atoms with E-state index >= 15 is 0 Å². The number of amides is 1. The summed E-state index contributed by atoms with van der Waals surface area (Å²) in [4.78, 5) is 22.2. The van der Waals surface area contributed by atoms with Crippen LogP contribution < -0.4 is 5.32 Å². The molecule has 1 aromatic carbocycles. The highest BCUT2D eigenvalue weighted by atomic mass is 16.2. The summed E-state index contributed by atoms with van der Waals surface area (Å²) in [5.41, 5.74) is 3.41. The summed E-state index contributed by atoms with van der Waals surface area (Å²) in [5.74, 6) is 1.15. The molecule has 0 bridgehead atoms. The molecule has 1 saturated heterocycles. The average molecular weight is 367 g/mol. The van der Waals surface area contributed by atoms with Crippen LogP contribution in [0.25, 0.3) is 11.0 Å². The lowest BCUT2D eigenvalue weighted by Gasteiger charge is -2.22. The Balaban J connectivity index is 1.41. The summed E-state index contributed by atoms with van der Waals surface area (Å²) >= 11 is 0. The van der Waals surface area contributed by atoms with Crippen molar-refractivity contribution >= 4 is 16.9 Å². The number of hydrogen-bond donors (Lipinski definition) is 2. The topological polar surface area (TPSA) is 91.7 Å². The standard InChI is InChI=1S/C19H25N7O/c1-13-5-3-7-15-18(13)22-17(21-15)12-25(2)19(27)16-11-26(24-23-16)10-14-6-4-8-20-9-14/h3,5,7,11,14,20H,4,6,8-10,12H2,1-2H3,(H,21,22)/t14-/m0/s1. The zero-order valence-electron chi connectivity index (χ0n) is 15.8. The van der Waals surface area contributed by atoms with Crippen molar-refractivity contribution in [2.75, 3.05) is 20.1 Å². The third-order valence-corrected chi connectivity index (χ3v) is 5.10. The predicted octanol–water partition coefficient (Wildman–Crippen LogP) is 1.73. The Kier molecular flexibility index (Phi) is 4.89. The van der Waals surface area contributed by atoms with Crippen molar-refractivity contribution in [2.24, 2.45) is 5.92 Å². The van der Waals surface area contributed by atoms with Gasteiger partial charge in [-0.3, -0.25) is 9.48 Å². The van der Waals surface area contributed by atoms with Gasteiger partial charge in [0.15, 0.2) is 5.69 Å². The lowest BCUT2D eigenvalue weighted by molar-refractivity contribution is 0.0776. The van der Waals surface area contributed by atoms with E-state index in [4.69, 9.17) is 0 Å². The van der Waals surface area contributed by atoms with Gasteiger partial charge >= 0.3 is 0 Å². The van der Waals surface area contributed by atoms with Crippen LogP contribution in [0.5, 0.6) is 0 Å². The number of aryl methyl sites for hydroxylation is 1. The Bertz CT molecular complexity index is 939. The fourth-order valence-corrected chi connectivity index (χ4v) is 3.62. The fourth-order valence-electron chi connectivity index (χ4n) is 3.62. The normalized spacial score (nSPS) is 17.3. The van der Waals surface area contributed by atoms with Crippen molar-refractivity contribution in [1.82, 2.24) is 35.2 Å². The Labute approximate surface area is 158 Å². The van der Waals surface area contributed by atoms with Crippen LogP contribution in [-0.4, -0.2) is 55.9 Å². The van der Waals surface area contributed by atoms with E-state index in [1.165, 1.54) is 12.8 Å². The first kappa shape index (κ1) is 17.7. The maximum atomic E-state index is 12.7. The molecule has 8 heteroatoms. The molecule has 3 aromatic rings. The van der Waals surface area contributed by atoms with Crippen LogP contribution in [0.3, 0.4) is 0 Å². The van der Waals surface area contributed by atoms with Crippen LogP contribution in [0.2, 0.25) is 0 Å². The van der Waals surface area contributed by atoms with Gasteiger partial charge in [-0.2, -0.15) is 0 Å². The van der Waals surface area contributed by atoms with Crippen molar-refractivity contribution < 1.29 is 4.79 Å². The number of H-pyrrole nitrogens is 1. The third kappa shape index (κ3) is 3.85. The number of aromatic nitrogens is 5. The second-order valence-corrected chi connectivity index (χ2v) is 7.35. The van der Waals surface area contributed by atoms with Gasteiger partial charge in [-0.15, -0.1) is 5.10 Å². The number of para-hydroxylation sites is 1. The van der Waals surface area contributed by atoms with E-state index in [0.717, 1.165) is 42.1 Å². The molecule has 0 aliphatic carbocycles. The Morgan fingerprint density at radius 3 is 3.07 bits per heavy atom. The van der Waals surface area contributed by atoms with Crippen LogP contribution in [-0.2, 0) is 13.1 Å². The average Bonchev–Trinajstić information content (AvgIpc) is 3.29. The molecule has 8 nitrogen and oxygen atoms in total. The molecule has 1 amide bonds. The van der Waals surface area contributed by atoms with Gasteiger partial charge in [0.1, 0.15) is 5.82 Å². The van der Waals surface area contributed by atoms with Crippen molar-refractivity contribution in [3.63, 3.8) is 0 Å². The monoisotopic (exact) mass is 367 g/mol. The predicted molar refractivity (Wildman–Crippen MR) is 102 cm³/mol. The van der Waals surface area contributed by atoms with E-state index in [1.54, 1.807) is 22.8 Å². The largest absolute Gasteiger partial charge is 0.340 e. The smallest absolute Gasteiger partial charge is 0.276 e. The number of benzene rings is 1. The first-order valence-electron chi connectivity index (χ1n) is 9.40. The molecule has 4 rings (SSSR count). The van der Waals surface area contributed by atoms with Gasteiger partial charge in [0.2, 0.25) is 0 Å². The maximum Gasteiger partial charge on any atom is 0.276 e. The summed E-state index contributed by atoms with van der Waals surface area (Å²) in [6.45, 7) is 5.30. The second kappa shape index (κ2) is 7.48. The van der Waals surface area contributed by atoms with Crippen LogP contribution in [0, 0.1) is 12.8 Å². The molecule has 1 atom stereocenters. The molecule has 3 heterocycles. The third-order valence-electron chi connectivity index (χ3n) is 5.10. The number of fused-ring (bicyclic) bond motifs is 1. The summed E-state index contributed by atoms with van der Waals surface area (Å²) in [5, 5.41) is 11.6. The molecule has 0 spiro atoms. The van der Waals surface area contributed by atoms with E-state index in [0.29, 0.717) is 18.2 Å². The number of imidazole rings is 1. The van der Waals surface area contributed by atoms with E-state index in [1.807, 2.05) is 25.1 Å². The Morgan fingerprint density at radius 2 is 2.30 bits per heavy atom.